The van der Waals surface area contributed by atoms with Gasteiger partial charge in [-0.2, -0.15) is 0 Å². The van der Waals surface area contributed by atoms with E-state index in [9.17, 15) is 19.6 Å². The first-order valence-corrected chi connectivity index (χ1v) is 9.06. The number of hydrogen-bond acceptors (Lipinski definition) is 6. The van der Waals surface area contributed by atoms with Crippen molar-refractivity contribution in [3.8, 4) is 0 Å². The molecule has 148 valence electrons. The van der Waals surface area contributed by atoms with Crippen LogP contribution in [0, 0.1) is 0 Å². The molecule has 1 aromatic heterocycles. The number of aryl methyl sites for hydroxylation is 1. The molecule has 0 aliphatic carbocycles. The van der Waals surface area contributed by atoms with Crippen molar-refractivity contribution in [3.05, 3.63) is 59.7 Å². The monoisotopic (exact) mass is 384 g/mol. The Labute approximate surface area is 164 Å². The second kappa shape index (κ2) is 9.43. The number of aromatic nitrogens is 2. The van der Waals surface area contributed by atoms with Crippen molar-refractivity contribution in [2.75, 3.05) is 0 Å². The van der Waals surface area contributed by atoms with Crippen LogP contribution in [0.3, 0.4) is 0 Å². The van der Waals surface area contributed by atoms with Gasteiger partial charge in [0.25, 0.3) is 5.91 Å². The highest BCUT2D eigenvalue weighted by atomic mass is 16.4. The van der Waals surface area contributed by atoms with Gasteiger partial charge in [-0.05, 0) is 37.8 Å². The minimum absolute atomic E-state index is 0.0816. The third kappa shape index (κ3) is 5.87. The molecule has 0 bridgehead atoms. The average molecular weight is 384 g/mol. The highest BCUT2D eigenvalue weighted by Gasteiger charge is 2.34. The summed E-state index contributed by atoms with van der Waals surface area (Å²) in [5, 5.41) is 24.5. The first-order chi connectivity index (χ1) is 13.2. The summed E-state index contributed by atoms with van der Waals surface area (Å²) in [6.45, 7) is 5.09. The van der Waals surface area contributed by atoms with Gasteiger partial charge in [0, 0.05) is 12.4 Å². The molecule has 0 unspecified atom stereocenters. The number of benzene rings is 1. The van der Waals surface area contributed by atoms with Gasteiger partial charge in [0.15, 0.2) is 0 Å². The fraction of sp³-hybridized carbons (Fsp3) is 0.368. The molecule has 0 saturated carbocycles. The Hall–Kier alpha value is -2.78. The van der Waals surface area contributed by atoms with Gasteiger partial charge in [-0.15, -0.1) is 0 Å². The lowest BCUT2D eigenvalue weighted by molar-refractivity contribution is -0.126. The summed E-state index contributed by atoms with van der Waals surface area (Å²) in [4.78, 5) is 32.6. The minimum atomic E-state index is -1.75. The lowest BCUT2D eigenvalue weighted by Crippen LogP contribution is -2.59. The molecule has 0 aliphatic rings. The lowest BCUT2D eigenvalue weighted by atomic mass is 9.75. The highest BCUT2D eigenvalue weighted by molar-refractivity contribution is 6.43. The summed E-state index contributed by atoms with van der Waals surface area (Å²) < 4.78 is 0. The van der Waals surface area contributed by atoms with E-state index >= 15 is 0 Å². The van der Waals surface area contributed by atoms with Crippen LogP contribution in [-0.4, -0.2) is 50.4 Å². The van der Waals surface area contributed by atoms with Gasteiger partial charge in [0.2, 0.25) is 5.91 Å². The van der Waals surface area contributed by atoms with Crippen molar-refractivity contribution < 1.29 is 19.6 Å². The molecule has 28 heavy (non-hydrogen) atoms. The standard InChI is InChI=1S/C19H25BN4O4/c1-4-13-5-7-14(8-6-13)11-16(20(27)28)23-18(26)19(2,3)24-17(25)15-12-21-9-10-22-15/h5-10,12,16,27-28H,4,11H2,1-3H3,(H,23,26)(H,24,25)/t16-/m0/s1. The van der Waals surface area contributed by atoms with Gasteiger partial charge in [-0.1, -0.05) is 31.2 Å². The maximum absolute atomic E-state index is 12.7. The zero-order valence-electron chi connectivity index (χ0n) is 16.2. The van der Waals surface area contributed by atoms with Crippen LogP contribution in [0.2, 0.25) is 0 Å². The molecule has 0 spiro atoms. The zero-order chi connectivity index (χ0) is 20.7. The molecule has 0 saturated heterocycles. The Morgan fingerprint density at radius 2 is 1.79 bits per heavy atom. The number of rotatable bonds is 8. The van der Waals surface area contributed by atoms with Crippen LogP contribution in [0.15, 0.2) is 42.9 Å². The number of amides is 2. The van der Waals surface area contributed by atoms with E-state index in [2.05, 4.69) is 20.6 Å². The third-order valence-electron chi connectivity index (χ3n) is 4.35. The molecule has 1 atom stereocenters. The molecule has 0 radical (unpaired) electrons. The molecular formula is C19H25BN4O4. The summed E-state index contributed by atoms with van der Waals surface area (Å²) in [6, 6.07) is 7.70. The van der Waals surface area contributed by atoms with E-state index in [0.717, 1.165) is 12.0 Å². The fourth-order valence-corrected chi connectivity index (χ4v) is 2.57. The molecule has 4 N–H and O–H groups in total. The second-order valence-electron chi connectivity index (χ2n) is 7.04. The van der Waals surface area contributed by atoms with Crippen LogP contribution >= 0.6 is 0 Å². The first-order valence-electron chi connectivity index (χ1n) is 9.06. The van der Waals surface area contributed by atoms with Gasteiger partial charge in [-0.25, -0.2) is 4.98 Å². The largest absolute Gasteiger partial charge is 0.475 e. The van der Waals surface area contributed by atoms with E-state index in [1.807, 2.05) is 31.2 Å². The van der Waals surface area contributed by atoms with Crippen LogP contribution < -0.4 is 10.6 Å². The van der Waals surface area contributed by atoms with Crippen molar-refractivity contribution in [2.45, 2.75) is 45.1 Å². The molecule has 9 heteroatoms. The number of nitrogens with zero attached hydrogens (tertiary/aromatic N) is 2. The van der Waals surface area contributed by atoms with Crippen molar-refractivity contribution in [1.29, 1.82) is 0 Å². The fourth-order valence-electron chi connectivity index (χ4n) is 2.57. The summed E-state index contributed by atoms with van der Waals surface area (Å²) in [5.74, 6) is -2.02. The summed E-state index contributed by atoms with van der Waals surface area (Å²) in [5.41, 5.74) is 0.810. The summed E-state index contributed by atoms with van der Waals surface area (Å²) >= 11 is 0. The molecule has 2 amide bonds. The topological polar surface area (TPSA) is 124 Å². The lowest BCUT2D eigenvalue weighted by Gasteiger charge is -2.28. The number of carbonyl (C=O) groups excluding carboxylic acids is 2. The van der Waals surface area contributed by atoms with E-state index < -0.39 is 30.4 Å². The highest BCUT2D eigenvalue weighted by Crippen LogP contribution is 2.10. The van der Waals surface area contributed by atoms with Gasteiger partial charge in [0.1, 0.15) is 11.2 Å². The van der Waals surface area contributed by atoms with Crippen molar-refractivity contribution in [2.24, 2.45) is 0 Å². The molecule has 8 nitrogen and oxygen atoms in total. The Morgan fingerprint density at radius 1 is 1.14 bits per heavy atom. The van der Waals surface area contributed by atoms with Crippen molar-refractivity contribution >= 4 is 18.9 Å². The zero-order valence-corrected chi connectivity index (χ0v) is 16.2. The van der Waals surface area contributed by atoms with Gasteiger partial charge < -0.3 is 20.7 Å². The molecule has 2 aromatic rings. The average Bonchev–Trinajstić information content (AvgIpc) is 2.68. The first kappa shape index (κ1) is 21.5. The number of nitrogens with one attached hydrogen (secondary N) is 2. The second-order valence-corrected chi connectivity index (χ2v) is 7.04. The molecule has 1 aromatic carbocycles. The van der Waals surface area contributed by atoms with Gasteiger partial charge >= 0.3 is 7.12 Å². The van der Waals surface area contributed by atoms with Crippen LogP contribution in [0.5, 0.6) is 0 Å². The van der Waals surface area contributed by atoms with Crippen LogP contribution in [0.1, 0.15) is 42.4 Å². The van der Waals surface area contributed by atoms with E-state index in [4.69, 9.17) is 0 Å². The molecule has 2 rings (SSSR count). The van der Waals surface area contributed by atoms with Crippen molar-refractivity contribution in [1.82, 2.24) is 20.6 Å². The number of carbonyl (C=O) groups is 2. The predicted molar refractivity (Wildman–Crippen MR) is 105 cm³/mol. The Morgan fingerprint density at radius 3 is 2.32 bits per heavy atom. The molecule has 0 fully saturated rings. The summed E-state index contributed by atoms with van der Waals surface area (Å²) in [7, 11) is -1.75. The van der Waals surface area contributed by atoms with Crippen LogP contribution in [0.4, 0.5) is 0 Å². The smallest absolute Gasteiger partial charge is 0.426 e. The normalized spacial score (nSPS) is 12.2. The quantitative estimate of drug-likeness (QED) is 0.485. The third-order valence-corrected chi connectivity index (χ3v) is 4.35. The van der Waals surface area contributed by atoms with E-state index in [1.54, 1.807) is 0 Å². The van der Waals surface area contributed by atoms with Crippen molar-refractivity contribution in [3.63, 3.8) is 0 Å². The summed E-state index contributed by atoms with van der Waals surface area (Å²) in [6.07, 6.45) is 5.26. The maximum Gasteiger partial charge on any atom is 0.475 e. The van der Waals surface area contributed by atoms with Crippen LogP contribution in [-0.2, 0) is 17.6 Å². The minimum Gasteiger partial charge on any atom is -0.426 e. The number of hydrogen-bond donors (Lipinski definition) is 4. The predicted octanol–water partition coefficient (Wildman–Crippen LogP) is 0.287. The van der Waals surface area contributed by atoms with Gasteiger partial charge in [-0.3, -0.25) is 14.6 Å². The molecule has 0 aliphatic heterocycles. The molecule has 1 heterocycles. The van der Waals surface area contributed by atoms with E-state index in [0.29, 0.717) is 0 Å². The Kier molecular flexibility index (Phi) is 7.25. The van der Waals surface area contributed by atoms with Crippen LogP contribution in [0.25, 0.3) is 0 Å². The van der Waals surface area contributed by atoms with E-state index in [-0.39, 0.29) is 12.1 Å². The maximum atomic E-state index is 12.7. The Bertz CT molecular complexity index is 797. The SMILES string of the molecule is CCc1ccc(C[C@H](NC(=O)C(C)(C)NC(=O)c2cnccn2)B(O)O)cc1. The van der Waals surface area contributed by atoms with E-state index in [1.165, 1.54) is 38.0 Å². The molecular weight excluding hydrogens is 359 g/mol. The Balaban J connectivity index is 2.04. The van der Waals surface area contributed by atoms with Gasteiger partial charge in [0.05, 0.1) is 12.1 Å².